The van der Waals surface area contributed by atoms with Crippen molar-refractivity contribution >= 4 is 32.7 Å². The van der Waals surface area contributed by atoms with Crippen LogP contribution in [0.15, 0.2) is 82.5 Å². The minimum absolute atomic E-state index is 0.0328. The number of H-pyrrole nitrogens is 2. The quantitative estimate of drug-likeness (QED) is 0.355. The van der Waals surface area contributed by atoms with Crippen molar-refractivity contribution in [1.29, 1.82) is 0 Å². The highest BCUT2D eigenvalue weighted by atomic mass is 32.2. The highest BCUT2D eigenvalue weighted by molar-refractivity contribution is 7.92. The minimum Gasteiger partial charge on any atom is -0.352 e. The Balaban J connectivity index is 1.51. The smallest absolute Gasteiger partial charge is 0.323 e. The van der Waals surface area contributed by atoms with E-state index in [2.05, 4.69) is 20.0 Å². The van der Waals surface area contributed by atoms with E-state index in [0.717, 1.165) is 5.56 Å². The van der Waals surface area contributed by atoms with Crippen molar-refractivity contribution in [2.75, 3.05) is 11.3 Å². The molecule has 4 rings (SSSR count). The first-order valence-electron chi connectivity index (χ1n) is 9.58. The molecule has 0 radical (unpaired) electrons. The number of aromatic amines is 2. The van der Waals surface area contributed by atoms with Gasteiger partial charge in [-0.3, -0.25) is 9.52 Å². The molecule has 0 spiro atoms. The molecular formula is C22H20N4O4S. The summed E-state index contributed by atoms with van der Waals surface area (Å²) in [5, 5.41) is 2.82. The lowest BCUT2D eigenvalue weighted by Gasteiger charge is -2.13. The summed E-state index contributed by atoms with van der Waals surface area (Å²) < 4.78 is 28.2. The summed E-state index contributed by atoms with van der Waals surface area (Å²) in [6, 6.07) is 20.4. The maximum atomic E-state index is 12.9. The zero-order chi connectivity index (χ0) is 21.8. The predicted octanol–water partition coefficient (Wildman–Crippen LogP) is 2.63. The van der Waals surface area contributed by atoms with Gasteiger partial charge in [0.2, 0.25) is 0 Å². The number of carbonyl (C=O) groups excluding carboxylic acids is 1. The number of nitrogens with one attached hydrogen (secondary N) is 4. The lowest BCUT2D eigenvalue weighted by Crippen LogP contribution is -2.27. The molecule has 8 nitrogen and oxygen atoms in total. The van der Waals surface area contributed by atoms with Crippen molar-refractivity contribution in [2.24, 2.45) is 0 Å². The summed E-state index contributed by atoms with van der Waals surface area (Å²) in [5.74, 6) is -0.375. The average molecular weight is 436 g/mol. The summed E-state index contributed by atoms with van der Waals surface area (Å²) >= 11 is 0. The Morgan fingerprint density at radius 1 is 0.871 bits per heavy atom. The second kappa shape index (κ2) is 8.49. The van der Waals surface area contributed by atoms with Gasteiger partial charge in [0.25, 0.3) is 15.9 Å². The van der Waals surface area contributed by atoms with Crippen LogP contribution in [-0.2, 0) is 16.4 Å². The molecule has 1 aromatic heterocycles. The number of hydrogen-bond donors (Lipinski definition) is 4. The van der Waals surface area contributed by atoms with Gasteiger partial charge in [-0.15, -0.1) is 0 Å². The highest BCUT2D eigenvalue weighted by Crippen LogP contribution is 2.22. The minimum atomic E-state index is -3.98. The maximum absolute atomic E-state index is 12.9. The van der Waals surface area contributed by atoms with Crippen LogP contribution in [-0.4, -0.2) is 30.8 Å². The molecule has 0 saturated carbocycles. The number of imidazole rings is 1. The third-order valence-electron chi connectivity index (χ3n) is 4.76. The number of amides is 1. The molecule has 1 heterocycles. The maximum Gasteiger partial charge on any atom is 0.323 e. The molecule has 1 amide bonds. The van der Waals surface area contributed by atoms with Gasteiger partial charge in [0.05, 0.1) is 27.2 Å². The number of carbonyl (C=O) groups is 1. The third-order valence-corrected chi connectivity index (χ3v) is 6.12. The Labute approximate surface area is 178 Å². The topological polar surface area (TPSA) is 124 Å². The summed E-state index contributed by atoms with van der Waals surface area (Å²) in [6.45, 7) is 0.418. The number of para-hydroxylation sites is 1. The van der Waals surface area contributed by atoms with Gasteiger partial charge >= 0.3 is 5.69 Å². The van der Waals surface area contributed by atoms with Crippen LogP contribution in [0.4, 0.5) is 5.69 Å². The Kier molecular flexibility index (Phi) is 5.59. The molecule has 31 heavy (non-hydrogen) atoms. The molecule has 4 N–H and O–H groups in total. The molecule has 0 aliphatic heterocycles. The summed E-state index contributed by atoms with van der Waals surface area (Å²) in [4.78, 5) is 29.1. The lowest BCUT2D eigenvalue weighted by molar-refractivity contribution is 0.0955. The van der Waals surface area contributed by atoms with Gasteiger partial charge in [0, 0.05) is 6.54 Å². The first kappa shape index (κ1) is 20.4. The molecule has 0 unspecified atom stereocenters. The van der Waals surface area contributed by atoms with Gasteiger partial charge in [0.15, 0.2) is 0 Å². The van der Waals surface area contributed by atoms with Crippen LogP contribution in [0.3, 0.4) is 0 Å². The van der Waals surface area contributed by atoms with Gasteiger partial charge in [-0.1, -0.05) is 42.5 Å². The number of fused-ring (bicyclic) bond motifs is 1. The van der Waals surface area contributed by atoms with E-state index in [1.165, 1.54) is 24.3 Å². The fourth-order valence-electron chi connectivity index (χ4n) is 3.21. The number of benzene rings is 3. The number of aromatic nitrogens is 2. The molecule has 0 atom stereocenters. The van der Waals surface area contributed by atoms with Gasteiger partial charge in [-0.25, -0.2) is 13.2 Å². The zero-order valence-electron chi connectivity index (χ0n) is 16.4. The molecule has 0 bridgehead atoms. The van der Waals surface area contributed by atoms with Crippen LogP contribution in [0.5, 0.6) is 0 Å². The molecule has 0 aliphatic carbocycles. The Hall–Kier alpha value is -3.85. The van der Waals surface area contributed by atoms with E-state index in [-0.39, 0.29) is 22.1 Å². The second-order valence-electron chi connectivity index (χ2n) is 6.93. The van der Waals surface area contributed by atoms with Crippen molar-refractivity contribution in [3.05, 3.63) is 94.4 Å². The van der Waals surface area contributed by atoms with E-state index in [1.54, 1.807) is 18.2 Å². The van der Waals surface area contributed by atoms with Crippen LogP contribution in [0.25, 0.3) is 11.0 Å². The molecule has 4 aromatic rings. The third kappa shape index (κ3) is 4.67. The SMILES string of the molecule is O=C(NCCc1ccccc1)c1ccccc1NS(=O)(=O)c1ccc2[nH]c(=O)[nH]c2c1. The zero-order valence-corrected chi connectivity index (χ0v) is 17.2. The van der Waals surface area contributed by atoms with E-state index in [9.17, 15) is 18.0 Å². The molecule has 0 fully saturated rings. The number of sulfonamides is 1. The van der Waals surface area contributed by atoms with Crippen LogP contribution in [0.2, 0.25) is 0 Å². The van der Waals surface area contributed by atoms with Crippen molar-refractivity contribution in [3.8, 4) is 0 Å². The normalized spacial score (nSPS) is 11.4. The molecule has 0 aliphatic rings. The van der Waals surface area contributed by atoms with E-state index in [4.69, 9.17) is 0 Å². The van der Waals surface area contributed by atoms with E-state index in [1.807, 2.05) is 30.3 Å². The van der Waals surface area contributed by atoms with Crippen molar-refractivity contribution in [1.82, 2.24) is 15.3 Å². The summed E-state index contributed by atoms with van der Waals surface area (Å²) in [7, 11) is -3.98. The highest BCUT2D eigenvalue weighted by Gasteiger charge is 2.19. The van der Waals surface area contributed by atoms with E-state index >= 15 is 0 Å². The standard InChI is InChI=1S/C22H20N4O4S/c27-21(23-13-12-15-6-2-1-3-7-15)17-8-4-5-9-18(17)26-31(29,30)16-10-11-19-20(14-16)25-22(28)24-19/h1-11,14,26H,12-13H2,(H,23,27)(H2,24,25,28). The van der Waals surface area contributed by atoms with E-state index < -0.39 is 15.7 Å². The summed E-state index contributed by atoms with van der Waals surface area (Å²) in [5.41, 5.74) is 1.93. The number of rotatable bonds is 7. The monoisotopic (exact) mass is 436 g/mol. The van der Waals surface area contributed by atoms with Crippen LogP contribution in [0, 0.1) is 0 Å². The summed E-state index contributed by atoms with van der Waals surface area (Å²) in [6.07, 6.45) is 0.662. The fourth-order valence-corrected chi connectivity index (χ4v) is 4.32. The molecule has 158 valence electrons. The van der Waals surface area contributed by atoms with Crippen molar-refractivity contribution in [3.63, 3.8) is 0 Å². The van der Waals surface area contributed by atoms with Crippen molar-refractivity contribution < 1.29 is 13.2 Å². The van der Waals surface area contributed by atoms with Gasteiger partial charge in [-0.2, -0.15) is 0 Å². The molecule has 3 aromatic carbocycles. The molecular weight excluding hydrogens is 416 g/mol. The van der Waals surface area contributed by atoms with E-state index in [0.29, 0.717) is 24.0 Å². The van der Waals surface area contributed by atoms with Gasteiger partial charge < -0.3 is 15.3 Å². The second-order valence-corrected chi connectivity index (χ2v) is 8.61. The van der Waals surface area contributed by atoms with Gasteiger partial charge in [0.1, 0.15) is 0 Å². The first-order chi connectivity index (χ1) is 14.9. The van der Waals surface area contributed by atoms with Crippen LogP contribution < -0.4 is 15.7 Å². The first-order valence-corrected chi connectivity index (χ1v) is 11.1. The number of anilines is 1. The van der Waals surface area contributed by atoms with Crippen molar-refractivity contribution in [2.45, 2.75) is 11.3 Å². The van der Waals surface area contributed by atoms with Crippen LogP contribution in [0.1, 0.15) is 15.9 Å². The number of hydrogen-bond acceptors (Lipinski definition) is 4. The molecule has 9 heteroatoms. The largest absolute Gasteiger partial charge is 0.352 e. The Morgan fingerprint density at radius 2 is 1.58 bits per heavy atom. The average Bonchev–Trinajstić information content (AvgIpc) is 3.14. The fraction of sp³-hybridized carbons (Fsp3) is 0.0909. The lowest BCUT2D eigenvalue weighted by atomic mass is 10.1. The molecule has 0 saturated heterocycles. The predicted molar refractivity (Wildman–Crippen MR) is 119 cm³/mol. The van der Waals surface area contributed by atoms with Gasteiger partial charge in [-0.05, 0) is 42.3 Å². The Morgan fingerprint density at radius 3 is 2.39 bits per heavy atom. The Bertz CT molecular complexity index is 1390. The van der Waals surface area contributed by atoms with Crippen LogP contribution >= 0.6 is 0 Å².